The molecule has 0 saturated carbocycles. The lowest BCUT2D eigenvalue weighted by atomic mass is 9.89. The van der Waals surface area contributed by atoms with Crippen molar-refractivity contribution in [2.24, 2.45) is 13.0 Å². The minimum Gasteiger partial charge on any atom is -0.331 e. The van der Waals surface area contributed by atoms with Crippen LogP contribution < -0.4 is 0 Å². The first kappa shape index (κ1) is 17.4. The molecule has 0 unspecified atom stereocenters. The number of benzene rings is 1. The fourth-order valence-corrected chi connectivity index (χ4v) is 4.76. The lowest BCUT2D eigenvalue weighted by Gasteiger charge is -2.31. The summed E-state index contributed by atoms with van der Waals surface area (Å²) in [5.74, 6) is 0.477. The Morgan fingerprint density at radius 2 is 2.07 bits per heavy atom. The minimum atomic E-state index is -0.0321. The third-order valence-corrected chi connectivity index (χ3v) is 6.33. The van der Waals surface area contributed by atoms with E-state index in [-0.39, 0.29) is 11.9 Å². The second-order valence-corrected chi connectivity index (χ2v) is 8.06. The van der Waals surface area contributed by atoms with E-state index in [2.05, 4.69) is 26.6 Å². The molecule has 2 atom stereocenters. The molecular weight excluding hydrogens is 376 g/mol. The molecular formula is C20H21ClN6O. The van der Waals surface area contributed by atoms with Crippen molar-refractivity contribution in [3.63, 3.8) is 0 Å². The van der Waals surface area contributed by atoms with E-state index in [1.165, 1.54) is 0 Å². The number of aromatic amines is 1. The highest BCUT2D eigenvalue weighted by molar-refractivity contribution is 6.31. The van der Waals surface area contributed by atoms with Crippen molar-refractivity contribution in [2.75, 3.05) is 6.54 Å². The average molecular weight is 397 g/mol. The summed E-state index contributed by atoms with van der Waals surface area (Å²) < 4.78 is 1.80. The average Bonchev–Trinajstić information content (AvgIpc) is 3.37. The number of fused-ring (bicyclic) bond motifs is 2. The van der Waals surface area contributed by atoms with Gasteiger partial charge in [-0.2, -0.15) is 20.5 Å². The zero-order valence-corrected chi connectivity index (χ0v) is 16.4. The summed E-state index contributed by atoms with van der Waals surface area (Å²) in [5.41, 5.74) is 4.91. The number of aromatic nitrogens is 5. The summed E-state index contributed by atoms with van der Waals surface area (Å²) in [6, 6.07) is 7.87. The lowest BCUT2D eigenvalue weighted by Crippen LogP contribution is -2.36. The molecule has 8 heteroatoms. The number of hydrogen-bond acceptors (Lipinski definition) is 4. The molecule has 0 bridgehead atoms. The van der Waals surface area contributed by atoms with Gasteiger partial charge in [0.15, 0.2) is 0 Å². The molecule has 2 aromatic heterocycles. The molecule has 0 fully saturated rings. The Labute approximate surface area is 167 Å². The Balaban J connectivity index is 1.44. The van der Waals surface area contributed by atoms with Crippen LogP contribution in [0.5, 0.6) is 0 Å². The molecule has 28 heavy (non-hydrogen) atoms. The predicted molar refractivity (Wildman–Crippen MR) is 104 cm³/mol. The summed E-state index contributed by atoms with van der Waals surface area (Å²) in [6.07, 6.45) is 5.09. The molecule has 2 aliphatic rings. The Morgan fingerprint density at radius 3 is 2.89 bits per heavy atom. The zero-order valence-electron chi connectivity index (χ0n) is 15.6. The van der Waals surface area contributed by atoms with E-state index in [0.717, 1.165) is 47.5 Å². The van der Waals surface area contributed by atoms with E-state index in [1.807, 2.05) is 30.1 Å². The maximum Gasteiger partial charge on any atom is 0.254 e. The highest BCUT2D eigenvalue weighted by atomic mass is 35.5. The number of carbonyl (C=O) groups excluding carboxylic acids is 1. The third-order valence-electron chi connectivity index (χ3n) is 6.01. The van der Waals surface area contributed by atoms with Gasteiger partial charge in [0.2, 0.25) is 0 Å². The SMILES string of the molecule is Cn1ncc(Cl)c1C[C@@H]1c2ccccc2C(=O)N1C[C@@H]1CCc2n[nH]nc2C1. The van der Waals surface area contributed by atoms with Crippen LogP contribution in [0.4, 0.5) is 0 Å². The number of carbonyl (C=O) groups is 1. The molecule has 7 nitrogen and oxygen atoms in total. The molecule has 1 aliphatic carbocycles. The second-order valence-electron chi connectivity index (χ2n) is 7.65. The van der Waals surface area contributed by atoms with Gasteiger partial charge < -0.3 is 4.90 Å². The molecule has 1 aliphatic heterocycles. The van der Waals surface area contributed by atoms with Crippen molar-refractivity contribution in [1.29, 1.82) is 0 Å². The summed E-state index contributed by atoms with van der Waals surface area (Å²) in [4.78, 5) is 15.2. The number of aryl methyl sites for hydroxylation is 2. The smallest absolute Gasteiger partial charge is 0.254 e. The Hall–Kier alpha value is -2.67. The van der Waals surface area contributed by atoms with Gasteiger partial charge in [0.1, 0.15) is 0 Å². The third kappa shape index (κ3) is 2.81. The molecule has 1 N–H and O–H groups in total. The van der Waals surface area contributed by atoms with E-state index in [1.54, 1.807) is 10.9 Å². The molecule has 144 valence electrons. The number of H-pyrrole nitrogens is 1. The maximum absolute atomic E-state index is 13.2. The summed E-state index contributed by atoms with van der Waals surface area (Å²) in [5, 5.41) is 16.1. The van der Waals surface area contributed by atoms with Crippen LogP contribution in [-0.2, 0) is 26.3 Å². The van der Waals surface area contributed by atoms with Crippen LogP contribution in [0, 0.1) is 5.92 Å². The quantitative estimate of drug-likeness (QED) is 0.735. The van der Waals surface area contributed by atoms with E-state index < -0.39 is 0 Å². The van der Waals surface area contributed by atoms with Crippen LogP contribution in [0.25, 0.3) is 0 Å². The summed E-state index contributed by atoms with van der Waals surface area (Å²) in [7, 11) is 1.89. The van der Waals surface area contributed by atoms with Gasteiger partial charge in [-0.25, -0.2) is 0 Å². The monoisotopic (exact) mass is 396 g/mol. The first-order valence-corrected chi connectivity index (χ1v) is 9.94. The summed E-state index contributed by atoms with van der Waals surface area (Å²) >= 11 is 6.36. The van der Waals surface area contributed by atoms with Gasteiger partial charge in [-0.1, -0.05) is 29.8 Å². The fraction of sp³-hybridized carbons (Fsp3) is 0.400. The van der Waals surface area contributed by atoms with Gasteiger partial charge in [0, 0.05) is 25.6 Å². The highest BCUT2D eigenvalue weighted by Gasteiger charge is 2.39. The Morgan fingerprint density at radius 1 is 1.25 bits per heavy atom. The molecule has 0 radical (unpaired) electrons. The van der Waals surface area contributed by atoms with Crippen LogP contribution in [-0.4, -0.2) is 42.5 Å². The van der Waals surface area contributed by atoms with Crippen LogP contribution in [0.1, 0.15) is 45.5 Å². The minimum absolute atomic E-state index is 0.0321. The van der Waals surface area contributed by atoms with Crippen molar-refractivity contribution in [1.82, 2.24) is 30.1 Å². The zero-order chi connectivity index (χ0) is 19.3. The predicted octanol–water partition coefficient (Wildman–Crippen LogP) is 2.74. The second kappa shape index (κ2) is 6.74. The normalized spacial score (nSPS) is 21.1. The summed E-state index contributed by atoms with van der Waals surface area (Å²) in [6.45, 7) is 0.708. The van der Waals surface area contributed by atoms with Crippen LogP contribution in [0.2, 0.25) is 5.02 Å². The van der Waals surface area contributed by atoms with Crippen LogP contribution in [0.3, 0.4) is 0 Å². The molecule has 1 aromatic carbocycles. The molecule has 0 spiro atoms. The van der Waals surface area contributed by atoms with E-state index in [0.29, 0.717) is 23.9 Å². The lowest BCUT2D eigenvalue weighted by molar-refractivity contribution is 0.0681. The van der Waals surface area contributed by atoms with Gasteiger partial charge in [0.25, 0.3) is 5.91 Å². The van der Waals surface area contributed by atoms with Crippen molar-refractivity contribution >= 4 is 17.5 Å². The number of hydrogen-bond donors (Lipinski definition) is 1. The number of nitrogens with zero attached hydrogens (tertiary/aromatic N) is 5. The Kier molecular flexibility index (Phi) is 4.19. The molecule has 3 aromatic rings. The number of rotatable bonds is 4. The van der Waals surface area contributed by atoms with Gasteiger partial charge in [-0.15, -0.1) is 0 Å². The maximum atomic E-state index is 13.2. The first-order chi connectivity index (χ1) is 13.6. The first-order valence-electron chi connectivity index (χ1n) is 9.56. The molecule has 5 rings (SSSR count). The van der Waals surface area contributed by atoms with Crippen molar-refractivity contribution < 1.29 is 4.79 Å². The molecule has 1 amide bonds. The van der Waals surface area contributed by atoms with Gasteiger partial charge in [-0.3, -0.25) is 9.48 Å². The molecule has 3 heterocycles. The van der Waals surface area contributed by atoms with Gasteiger partial charge in [0.05, 0.1) is 34.3 Å². The van der Waals surface area contributed by atoms with E-state index in [9.17, 15) is 4.79 Å². The fourth-order valence-electron chi connectivity index (χ4n) is 4.51. The van der Waals surface area contributed by atoms with Crippen molar-refractivity contribution in [2.45, 2.75) is 31.7 Å². The molecule has 0 saturated heterocycles. The standard InChI is InChI=1S/C20H21ClN6O/c1-26-19(15(21)10-22-26)9-18-13-4-2-3-5-14(13)20(28)27(18)11-12-6-7-16-17(8-12)24-25-23-16/h2-5,10,12,18H,6-9,11H2,1H3,(H,23,24,25)/t12-,18-/m1/s1. The van der Waals surface area contributed by atoms with Crippen LogP contribution in [0.15, 0.2) is 30.5 Å². The van der Waals surface area contributed by atoms with Crippen LogP contribution >= 0.6 is 11.6 Å². The highest BCUT2D eigenvalue weighted by Crippen LogP contribution is 2.38. The van der Waals surface area contributed by atoms with Gasteiger partial charge >= 0.3 is 0 Å². The number of halogens is 1. The number of amides is 1. The number of nitrogens with one attached hydrogen (secondary N) is 1. The van der Waals surface area contributed by atoms with Gasteiger partial charge in [-0.05, 0) is 36.8 Å². The topological polar surface area (TPSA) is 79.7 Å². The van der Waals surface area contributed by atoms with Crippen molar-refractivity contribution in [3.05, 3.63) is 63.7 Å². The van der Waals surface area contributed by atoms with E-state index in [4.69, 9.17) is 11.6 Å². The van der Waals surface area contributed by atoms with Crippen molar-refractivity contribution in [3.8, 4) is 0 Å². The largest absolute Gasteiger partial charge is 0.331 e. The Bertz CT molecular complexity index is 1020. The van der Waals surface area contributed by atoms with E-state index >= 15 is 0 Å².